The normalized spacial score (nSPS) is 22.8. The third kappa shape index (κ3) is 3.67. The Bertz CT molecular complexity index is 485. The van der Waals surface area contributed by atoms with Crippen molar-refractivity contribution < 1.29 is 9.90 Å². The van der Waals surface area contributed by atoms with Gasteiger partial charge in [-0.3, -0.25) is 4.79 Å². The van der Waals surface area contributed by atoms with Crippen LogP contribution in [0.2, 0.25) is 0 Å². The van der Waals surface area contributed by atoms with Crippen LogP contribution >= 0.6 is 23.5 Å². The molecule has 0 aliphatic carbocycles. The summed E-state index contributed by atoms with van der Waals surface area (Å²) in [4.78, 5) is 20.0. The first-order valence-electron chi connectivity index (χ1n) is 6.78. The topological polar surface area (TPSA) is 63.1 Å². The third-order valence-corrected chi connectivity index (χ3v) is 6.56. The Balaban J connectivity index is 2.22. The lowest BCUT2D eigenvalue weighted by Gasteiger charge is -2.27. The molecule has 0 spiro atoms. The fraction of sp³-hybridized carbons (Fsp3) is 0.643. The van der Waals surface area contributed by atoms with Crippen LogP contribution in [0.5, 0.6) is 0 Å². The van der Waals surface area contributed by atoms with E-state index >= 15 is 0 Å². The minimum atomic E-state index is -0.777. The SMILES string of the molecule is Cc1nc(C2SCCSC2C)nc(C)c1CCC(=O)O. The van der Waals surface area contributed by atoms with Crippen LogP contribution in [-0.2, 0) is 11.2 Å². The molecule has 1 fully saturated rings. The van der Waals surface area contributed by atoms with Crippen LogP contribution in [0.4, 0.5) is 0 Å². The van der Waals surface area contributed by atoms with Crippen LogP contribution < -0.4 is 0 Å². The molecule has 0 aromatic carbocycles. The van der Waals surface area contributed by atoms with E-state index in [9.17, 15) is 4.79 Å². The molecule has 4 nitrogen and oxygen atoms in total. The Kier molecular flexibility index (Phi) is 5.32. The highest BCUT2D eigenvalue weighted by molar-refractivity contribution is 8.06. The van der Waals surface area contributed by atoms with Gasteiger partial charge in [0.25, 0.3) is 0 Å². The zero-order valence-electron chi connectivity index (χ0n) is 12.0. The van der Waals surface area contributed by atoms with Crippen LogP contribution in [0.3, 0.4) is 0 Å². The third-order valence-electron chi connectivity index (χ3n) is 3.47. The zero-order valence-corrected chi connectivity index (χ0v) is 13.7. The molecule has 1 saturated heterocycles. The maximum absolute atomic E-state index is 10.7. The highest BCUT2D eigenvalue weighted by atomic mass is 32.2. The minimum absolute atomic E-state index is 0.134. The first kappa shape index (κ1) is 15.6. The standard InChI is InChI=1S/C14H20N2O2S2/c1-8-11(4-5-12(17)18)9(2)16-14(15-8)13-10(3)19-6-7-20-13/h10,13H,4-7H2,1-3H3,(H,17,18). The fourth-order valence-corrected chi connectivity index (χ4v) is 5.09. The van der Waals surface area contributed by atoms with Gasteiger partial charge in [0.05, 0.1) is 5.25 Å². The Morgan fingerprint density at radius 1 is 1.25 bits per heavy atom. The molecule has 6 heteroatoms. The van der Waals surface area contributed by atoms with E-state index in [1.54, 1.807) is 0 Å². The second-order valence-electron chi connectivity index (χ2n) is 4.99. The number of rotatable bonds is 4. The van der Waals surface area contributed by atoms with Crippen molar-refractivity contribution in [2.24, 2.45) is 0 Å². The number of carboxylic acid groups (broad SMARTS) is 1. The molecule has 1 aliphatic heterocycles. The van der Waals surface area contributed by atoms with Gasteiger partial charge in [0.2, 0.25) is 0 Å². The fourth-order valence-electron chi connectivity index (χ4n) is 2.40. The average molecular weight is 312 g/mol. The maximum atomic E-state index is 10.7. The van der Waals surface area contributed by atoms with Crippen LogP contribution in [0, 0.1) is 13.8 Å². The molecule has 20 heavy (non-hydrogen) atoms. The van der Waals surface area contributed by atoms with Gasteiger partial charge < -0.3 is 5.11 Å². The van der Waals surface area contributed by atoms with Crippen molar-refractivity contribution >= 4 is 29.5 Å². The quantitative estimate of drug-likeness (QED) is 0.922. The summed E-state index contributed by atoms with van der Waals surface area (Å²) in [7, 11) is 0. The largest absolute Gasteiger partial charge is 0.481 e. The summed E-state index contributed by atoms with van der Waals surface area (Å²) in [6.45, 7) is 6.15. The number of aliphatic carboxylic acids is 1. The van der Waals surface area contributed by atoms with Crippen LogP contribution in [0.1, 0.15) is 41.4 Å². The van der Waals surface area contributed by atoms with Crippen molar-refractivity contribution in [1.82, 2.24) is 9.97 Å². The number of hydrogen-bond donors (Lipinski definition) is 1. The summed E-state index contributed by atoms with van der Waals surface area (Å²) in [6, 6.07) is 0. The molecule has 2 unspecified atom stereocenters. The second kappa shape index (κ2) is 6.80. The van der Waals surface area contributed by atoms with Crippen molar-refractivity contribution in [2.75, 3.05) is 11.5 Å². The van der Waals surface area contributed by atoms with Crippen molar-refractivity contribution in [3.63, 3.8) is 0 Å². The Morgan fingerprint density at radius 2 is 1.85 bits per heavy atom. The number of carboxylic acids is 1. The lowest BCUT2D eigenvalue weighted by atomic mass is 10.1. The number of nitrogens with zero attached hydrogens (tertiary/aromatic N) is 2. The average Bonchev–Trinajstić information content (AvgIpc) is 2.37. The molecule has 0 radical (unpaired) electrons. The highest BCUT2D eigenvalue weighted by Crippen LogP contribution is 2.41. The van der Waals surface area contributed by atoms with E-state index in [0.717, 1.165) is 28.5 Å². The smallest absolute Gasteiger partial charge is 0.303 e. The number of carbonyl (C=O) groups is 1. The minimum Gasteiger partial charge on any atom is -0.481 e. The lowest BCUT2D eigenvalue weighted by Crippen LogP contribution is -2.19. The van der Waals surface area contributed by atoms with Crippen molar-refractivity contribution in [2.45, 2.75) is 44.1 Å². The molecule has 1 aromatic rings. The van der Waals surface area contributed by atoms with Gasteiger partial charge in [0, 0.05) is 34.6 Å². The van der Waals surface area contributed by atoms with E-state index in [-0.39, 0.29) is 6.42 Å². The molecule has 110 valence electrons. The molecule has 2 atom stereocenters. The van der Waals surface area contributed by atoms with E-state index in [4.69, 9.17) is 5.11 Å². The molecule has 0 amide bonds. The van der Waals surface area contributed by atoms with E-state index in [1.165, 1.54) is 5.75 Å². The lowest BCUT2D eigenvalue weighted by molar-refractivity contribution is -0.136. The second-order valence-corrected chi connectivity index (χ2v) is 7.73. The highest BCUT2D eigenvalue weighted by Gasteiger charge is 2.27. The monoisotopic (exact) mass is 312 g/mol. The van der Waals surface area contributed by atoms with Gasteiger partial charge in [-0.25, -0.2) is 9.97 Å². The Morgan fingerprint density at radius 3 is 2.40 bits per heavy atom. The first-order chi connectivity index (χ1) is 9.49. The van der Waals surface area contributed by atoms with E-state index in [0.29, 0.717) is 16.9 Å². The van der Waals surface area contributed by atoms with Gasteiger partial charge in [0.15, 0.2) is 0 Å². The summed E-state index contributed by atoms with van der Waals surface area (Å²) in [5.74, 6) is 2.46. The number of aromatic nitrogens is 2. The van der Waals surface area contributed by atoms with Gasteiger partial charge in [-0.15, -0.1) is 11.8 Å². The Hall–Kier alpha value is -0.750. The van der Waals surface area contributed by atoms with Gasteiger partial charge in [0.1, 0.15) is 5.82 Å². The maximum Gasteiger partial charge on any atom is 0.303 e. The van der Waals surface area contributed by atoms with Crippen LogP contribution in [0.25, 0.3) is 0 Å². The summed E-state index contributed by atoms with van der Waals surface area (Å²) in [5, 5.41) is 9.68. The van der Waals surface area contributed by atoms with Gasteiger partial charge >= 0.3 is 5.97 Å². The van der Waals surface area contributed by atoms with Gasteiger partial charge in [-0.2, -0.15) is 11.8 Å². The van der Waals surface area contributed by atoms with Crippen molar-refractivity contribution in [1.29, 1.82) is 0 Å². The van der Waals surface area contributed by atoms with Crippen LogP contribution in [0.15, 0.2) is 0 Å². The van der Waals surface area contributed by atoms with Crippen molar-refractivity contribution in [3.05, 3.63) is 22.8 Å². The summed E-state index contributed by atoms with van der Waals surface area (Å²) in [6.07, 6.45) is 0.643. The van der Waals surface area contributed by atoms with E-state index < -0.39 is 5.97 Å². The molecular formula is C14H20N2O2S2. The summed E-state index contributed by atoms with van der Waals surface area (Å²) >= 11 is 3.90. The van der Waals surface area contributed by atoms with E-state index in [1.807, 2.05) is 37.4 Å². The molecule has 1 N–H and O–H groups in total. The molecule has 0 bridgehead atoms. The number of thioether (sulfide) groups is 2. The van der Waals surface area contributed by atoms with Gasteiger partial charge in [-0.1, -0.05) is 6.92 Å². The predicted octanol–water partition coefficient (Wildman–Crippen LogP) is 3.02. The molecule has 2 rings (SSSR count). The van der Waals surface area contributed by atoms with E-state index in [2.05, 4.69) is 16.9 Å². The summed E-state index contributed by atoms with van der Waals surface area (Å²) < 4.78 is 0. The predicted molar refractivity (Wildman–Crippen MR) is 84.6 cm³/mol. The molecular weight excluding hydrogens is 292 g/mol. The molecule has 1 aromatic heterocycles. The number of aryl methyl sites for hydroxylation is 2. The molecule has 0 saturated carbocycles. The Labute approximate surface area is 128 Å². The zero-order chi connectivity index (χ0) is 14.7. The first-order valence-corrected chi connectivity index (χ1v) is 8.87. The van der Waals surface area contributed by atoms with Gasteiger partial charge in [-0.05, 0) is 25.8 Å². The van der Waals surface area contributed by atoms with Crippen LogP contribution in [-0.4, -0.2) is 37.8 Å². The van der Waals surface area contributed by atoms with Crippen molar-refractivity contribution in [3.8, 4) is 0 Å². The molecule has 1 aliphatic rings. The summed E-state index contributed by atoms with van der Waals surface area (Å²) in [5.41, 5.74) is 2.84. The number of hydrogen-bond acceptors (Lipinski definition) is 5. The molecule has 2 heterocycles.